The summed E-state index contributed by atoms with van der Waals surface area (Å²) in [5, 5.41) is 6.86. The molecule has 0 saturated heterocycles. The summed E-state index contributed by atoms with van der Waals surface area (Å²) in [6.07, 6.45) is 0. The Morgan fingerprint density at radius 2 is 1.77 bits per heavy atom. The van der Waals surface area contributed by atoms with Gasteiger partial charge in [-0.2, -0.15) is 0 Å². The second-order valence-electron chi connectivity index (χ2n) is 5.42. The van der Waals surface area contributed by atoms with Gasteiger partial charge in [0.2, 0.25) is 0 Å². The van der Waals surface area contributed by atoms with Crippen LogP contribution in [0.25, 0.3) is 11.3 Å². The molecule has 1 aromatic heterocycles. The summed E-state index contributed by atoms with van der Waals surface area (Å²) in [5.41, 5.74) is 4.33. The molecule has 112 valence electrons. The molecular formula is C18H17ClN2S. The van der Waals surface area contributed by atoms with E-state index in [1.54, 1.807) is 11.3 Å². The third kappa shape index (κ3) is 3.32. The Hall–Kier alpha value is -1.84. The van der Waals surface area contributed by atoms with Crippen LogP contribution in [0.1, 0.15) is 25.3 Å². The lowest BCUT2D eigenvalue weighted by atomic mass is 10.0. The van der Waals surface area contributed by atoms with E-state index in [0.717, 1.165) is 22.1 Å². The van der Waals surface area contributed by atoms with Crippen molar-refractivity contribution in [2.24, 2.45) is 0 Å². The largest absolute Gasteiger partial charge is 0.330 e. The van der Waals surface area contributed by atoms with E-state index in [9.17, 15) is 0 Å². The first-order chi connectivity index (χ1) is 10.6. The molecule has 0 aliphatic heterocycles. The van der Waals surface area contributed by atoms with Crippen molar-refractivity contribution in [3.8, 4) is 11.3 Å². The van der Waals surface area contributed by atoms with Crippen LogP contribution in [0.3, 0.4) is 0 Å². The lowest BCUT2D eigenvalue weighted by Gasteiger charge is -2.06. The van der Waals surface area contributed by atoms with Crippen LogP contribution in [0.4, 0.5) is 10.8 Å². The Kier molecular flexibility index (Phi) is 4.46. The van der Waals surface area contributed by atoms with Crippen LogP contribution in [0.15, 0.2) is 53.9 Å². The molecule has 0 aliphatic rings. The quantitative estimate of drug-likeness (QED) is 0.605. The molecule has 0 saturated carbocycles. The van der Waals surface area contributed by atoms with Gasteiger partial charge in [-0.15, -0.1) is 11.3 Å². The molecule has 0 fully saturated rings. The second-order valence-corrected chi connectivity index (χ2v) is 6.68. The predicted molar refractivity (Wildman–Crippen MR) is 96.4 cm³/mol. The minimum Gasteiger partial charge on any atom is -0.330 e. The van der Waals surface area contributed by atoms with Gasteiger partial charge in [0.1, 0.15) is 0 Å². The lowest BCUT2D eigenvalue weighted by molar-refractivity contribution is 0.867. The van der Waals surface area contributed by atoms with Gasteiger partial charge in [-0.25, -0.2) is 4.98 Å². The third-order valence-electron chi connectivity index (χ3n) is 3.49. The van der Waals surface area contributed by atoms with Crippen LogP contribution >= 0.6 is 22.9 Å². The van der Waals surface area contributed by atoms with Gasteiger partial charge >= 0.3 is 0 Å². The summed E-state index contributed by atoms with van der Waals surface area (Å²) in [6.45, 7) is 4.40. The first kappa shape index (κ1) is 15.1. The molecule has 1 N–H and O–H groups in total. The zero-order chi connectivity index (χ0) is 15.5. The van der Waals surface area contributed by atoms with Crippen molar-refractivity contribution in [1.82, 2.24) is 4.98 Å². The molecule has 1 heterocycles. The standard InChI is InChI=1S/C18H17ClN2S/c1-12(2)13-7-9-14(10-8-13)17-11-22-18(21-17)20-16-6-4-3-5-15(16)19/h3-12H,1-2H3,(H,20,21). The number of benzene rings is 2. The van der Waals surface area contributed by atoms with E-state index in [1.165, 1.54) is 5.56 Å². The van der Waals surface area contributed by atoms with Crippen LogP contribution in [0, 0.1) is 0 Å². The summed E-state index contributed by atoms with van der Waals surface area (Å²) in [5.74, 6) is 0.543. The van der Waals surface area contributed by atoms with E-state index in [-0.39, 0.29) is 0 Å². The van der Waals surface area contributed by atoms with Gasteiger partial charge in [0.05, 0.1) is 16.4 Å². The van der Waals surface area contributed by atoms with Crippen LogP contribution in [-0.4, -0.2) is 4.98 Å². The monoisotopic (exact) mass is 328 g/mol. The van der Waals surface area contributed by atoms with E-state index in [4.69, 9.17) is 11.6 Å². The van der Waals surface area contributed by atoms with E-state index in [2.05, 4.69) is 53.8 Å². The van der Waals surface area contributed by atoms with Crippen molar-refractivity contribution in [1.29, 1.82) is 0 Å². The summed E-state index contributed by atoms with van der Waals surface area (Å²) in [6, 6.07) is 16.3. The molecule has 22 heavy (non-hydrogen) atoms. The summed E-state index contributed by atoms with van der Waals surface area (Å²) < 4.78 is 0. The first-order valence-electron chi connectivity index (χ1n) is 7.21. The third-order valence-corrected chi connectivity index (χ3v) is 4.58. The maximum atomic E-state index is 6.16. The van der Waals surface area contributed by atoms with Crippen molar-refractivity contribution in [2.45, 2.75) is 19.8 Å². The molecule has 0 aliphatic carbocycles. The predicted octanol–water partition coefficient (Wildman–Crippen LogP) is 6.33. The average molecular weight is 329 g/mol. The van der Waals surface area contributed by atoms with Gasteiger partial charge in [0, 0.05) is 10.9 Å². The maximum Gasteiger partial charge on any atom is 0.187 e. The van der Waals surface area contributed by atoms with Crippen LogP contribution in [0.2, 0.25) is 5.02 Å². The van der Waals surface area contributed by atoms with E-state index in [1.807, 2.05) is 24.3 Å². The zero-order valence-corrected chi connectivity index (χ0v) is 14.1. The van der Waals surface area contributed by atoms with Crippen LogP contribution in [0.5, 0.6) is 0 Å². The maximum absolute atomic E-state index is 6.16. The highest BCUT2D eigenvalue weighted by atomic mass is 35.5. The van der Waals surface area contributed by atoms with Crippen molar-refractivity contribution >= 4 is 33.8 Å². The van der Waals surface area contributed by atoms with Crippen LogP contribution in [-0.2, 0) is 0 Å². The molecule has 0 atom stereocenters. The number of nitrogens with one attached hydrogen (secondary N) is 1. The van der Waals surface area contributed by atoms with Gasteiger partial charge < -0.3 is 5.32 Å². The number of anilines is 2. The first-order valence-corrected chi connectivity index (χ1v) is 8.46. The summed E-state index contributed by atoms with van der Waals surface area (Å²) in [4.78, 5) is 4.64. The molecule has 4 heteroatoms. The summed E-state index contributed by atoms with van der Waals surface area (Å²) >= 11 is 7.74. The van der Waals surface area contributed by atoms with Gasteiger partial charge in [-0.3, -0.25) is 0 Å². The van der Waals surface area contributed by atoms with E-state index < -0.39 is 0 Å². The fraction of sp³-hybridized carbons (Fsp3) is 0.167. The number of thiazole rings is 1. The normalized spacial score (nSPS) is 10.9. The molecule has 2 nitrogen and oxygen atoms in total. The molecule has 0 bridgehead atoms. The topological polar surface area (TPSA) is 24.9 Å². The average Bonchev–Trinajstić information content (AvgIpc) is 2.98. The van der Waals surface area contributed by atoms with Gasteiger partial charge in [0.25, 0.3) is 0 Å². The smallest absolute Gasteiger partial charge is 0.187 e. The zero-order valence-electron chi connectivity index (χ0n) is 12.5. The molecular weight excluding hydrogens is 312 g/mol. The Morgan fingerprint density at radius 3 is 2.45 bits per heavy atom. The van der Waals surface area contributed by atoms with E-state index >= 15 is 0 Å². The molecule has 3 rings (SSSR count). The molecule has 0 amide bonds. The highest BCUT2D eigenvalue weighted by Crippen LogP contribution is 2.30. The van der Waals surface area contributed by atoms with Crippen LogP contribution < -0.4 is 5.32 Å². The van der Waals surface area contributed by atoms with Crippen molar-refractivity contribution in [2.75, 3.05) is 5.32 Å². The Labute approximate surface area is 139 Å². The number of hydrogen-bond acceptors (Lipinski definition) is 3. The highest BCUT2D eigenvalue weighted by molar-refractivity contribution is 7.14. The SMILES string of the molecule is CC(C)c1ccc(-c2csc(Nc3ccccc3Cl)n2)cc1. The number of halogens is 1. The lowest BCUT2D eigenvalue weighted by Crippen LogP contribution is -1.90. The van der Waals surface area contributed by atoms with Crippen molar-refractivity contribution < 1.29 is 0 Å². The molecule has 0 unspecified atom stereocenters. The molecule has 3 aromatic rings. The number of rotatable bonds is 4. The fourth-order valence-corrected chi connectivity index (χ4v) is 3.10. The Bertz CT molecular complexity index is 763. The van der Waals surface area contributed by atoms with Crippen molar-refractivity contribution in [3.63, 3.8) is 0 Å². The van der Waals surface area contributed by atoms with Gasteiger partial charge in [-0.1, -0.05) is 61.8 Å². The fourth-order valence-electron chi connectivity index (χ4n) is 2.18. The van der Waals surface area contributed by atoms with Gasteiger partial charge in [0.15, 0.2) is 5.13 Å². The summed E-state index contributed by atoms with van der Waals surface area (Å²) in [7, 11) is 0. The minimum atomic E-state index is 0.543. The Morgan fingerprint density at radius 1 is 1.05 bits per heavy atom. The molecule has 0 radical (unpaired) electrons. The minimum absolute atomic E-state index is 0.543. The van der Waals surface area contributed by atoms with Gasteiger partial charge in [-0.05, 0) is 23.6 Å². The number of hydrogen-bond donors (Lipinski definition) is 1. The second kappa shape index (κ2) is 6.51. The number of para-hydroxylation sites is 1. The number of nitrogens with zero attached hydrogens (tertiary/aromatic N) is 1. The highest BCUT2D eigenvalue weighted by Gasteiger charge is 2.07. The van der Waals surface area contributed by atoms with E-state index in [0.29, 0.717) is 10.9 Å². The Balaban J connectivity index is 1.80. The van der Waals surface area contributed by atoms with Crippen molar-refractivity contribution in [3.05, 3.63) is 64.5 Å². The molecule has 0 spiro atoms. The molecule has 2 aromatic carbocycles. The number of aromatic nitrogens is 1.